The second-order valence-electron chi connectivity index (χ2n) is 4.47. The molecule has 0 unspecified atom stereocenters. The van der Waals surface area contributed by atoms with E-state index in [1.807, 2.05) is 10.6 Å². The van der Waals surface area contributed by atoms with Crippen LogP contribution >= 0.6 is 15.9 Å². The van der Waals surface area contributed by atoms with Gasteiger partial charge in [-0.2, -0.15) is 5.10 Å². The number of hydrogen-bond acceptors (Lipinski definition) is 4. The Balaban J connectivity index is 2.01. The Morgan fingerprint density at radius 2 is 2.17 bits per heavy atom. The number of fused-ring (bicyclic) bond motifs is 1. The lowest BCUT2D eigenvalue weighted by molar-refractivity contribution is 0.0842. The molecule has 1 fully saturated rings. The first-order valence-corrected chi connectivity index (χ1v) is 6.91. The summed E-state index contributed by atoms with van der Waals surface area (Å²) < 4.78 is 8.06. The fraction of sp³-hybridized carbons (Fsp3) is 0.500. The molecule has 5 nitrogen and oxygen atoms in total. The van der Waals surface area contributed by atoms with E-state index in [0.717, 1.165) is 47.7 Å². The van der Waals surface area contributed by atoms with Gasteiger partial charge in [-0.05, 0) is 40.9 Å². The molecule has 2 aromatic rings. The van der Waals surface area contributed by atoms with Crippen molar-refractivity contribution in [3.63, 3.8) is 0 Å². The molecule has 0 radical (unpaired) electrons. The Bertz CT molecular complexity index is 562. The van der Waals surface area contributed by atoms with Gasteiger partial charge in [0.05, 0.1) is 11.4 Å². The Labute approximate surface area is 113 Å². The maximum atomic E-state index is 5.65. The van der Waals surface area contributed by atoms with Crippen LogP contribution in [-0.2, 0) is 11.3 Å². The highest BCUT2D eigenvalue weighted by molar-refractivity contribution is 9.10. The summed E-state index contributed by atoms with van der Waals surface area (Å²) in [6.45, 7) is 2.06. The number of hydrogen-bond donors (Lipinski definition) is 1. The van der Waals surface area contributed by atoms with Gasteiger partial charge in [-0.15, -0.1) is 0 Å². The SMILES string of the molecule is NCc1nc2ccc(C3CCOCC3)nn2c1Br. The van der Waals surface area contributed by atoms with Gasteiger partial charge in [-0.1, -0.05) is 0 Å². The van der Waals surface area contributed by atoms with Crippen molar-refractivity contribution in [2.24, 2.45) is 5.73 Å². The van der Waals surface area contributed by atoms with Crippen LogP contribution in [0.3, 0.4) is 0 Å². The number of nitrogens with zero attached hydrogens (tertiary/aromatic N) is 3. The molecule has 0 amide bonds. The van der Waals surface area contributed by atoms with Crippen molar-refractivity contribution in [2.45, 2.75) is 25.3 Å². The second-order valence-corrected chi connectivity index (χ2v) is 5.22. The molecule has 0 saturated carbocycles. The molecular weight excluding hydrogens is 296 g/mol. The lowest BCUT2D eigenvalue weighted by atomic mass is 9.96. The third kappa shape index (κ3) is 2.04. The van der Waals surface area contributed by atoms with Gasteiger partial charge in [0.1, 0.15) is 4.60 Å². The summed E-state index contributed by atoms with van der Waals surface area (Å²) in [5.74, 6) is 0.485. The van der Waals surface area contributed by atoms with Crippen molar-refractivity contribution < 1.29 is 4.74 Å². The average Bonchev–Trinajstić information content (AvgIpc) is 2.76. The van der Waals surface area contributed by atoms with Crippen LogP contribution in [0.2, 0.25) is 0 Å². The van der Waals surface area contributed by atoms with Crippen molar-refractivity contribution in [3.05, 3.63) is 28.1 Å². The molecule has 1 saturated heterocycles. The molecule has 0 aromatic carbocycles. The molecule has 0 spiro atoms. The molecule has 18 heavy (non-hydrogen) atoms. The Hall–Kier alpha value is -0.980. The van der Waals surface area contributed by atoms with Crippen LogP contribution in [0.15, 0.2) is 16.7 Å². The maximum absolute atomic E-state index is 5.65. The van der Waals surface area contributed by atoms with Crippen LogP contribution in [0.25, 0.3) is 5.65 Å². The molecule has 0 atom stereocenters. The number of ether oxygens (including phenoxy) is 1. The molecule has 3 rings (SSSR count). The number of rotatable bonds is 2. The molecule has 2 aromatic heterocycles. The zero-order valence-electron chi connectivity index (χ0n) is 9.97. The van der Waals surface area contributed by atoms with Gasteiger partial charge >= 0.3 is 0 Å². The third-order valence-electron chi connectivity index (χ3n) is 3.34. The first kappa shape index (κ1) is 12.1. The summed E-state index contributed by atoms with van der Waals surface area (Å²) in [6.07, 6.45) is 2.07. The number of nitrogens with two attached hydrogens (primary N) is 1. The average molecular weight is 311 g/mol. The van der Waals surface area contributed by atoms with Crippen LogP contribution in [0, 0.1) is 0 Å². The van der Waals surface area contributed by atoms with Gasteiger partial charge in [-0.25, -0.2) is 9.50 Å². The highest BCUT2D eigenvalue weighted by Gasteiger charge is 2.19. The molecule has 2 N–H and O–H groups in total. The first-order valence-electron chi connectivity index (χ1n) is 6.11. The lowest BCUT2D eigenvalue weighted by Gasteiger charge is -2.21. The second kappa shape index (κ2) is 4.95. The summed E-state index contributed by atoms with van der Waals surface area (Å²) in [7, 11) is 0. The van der Waals surface area contributed by atoms with Gasteiger partial charge < -0.3 is 10.5 Å². The fourth-order valence-electron chi connectivity index (χ4n) is 2.31. The Kier molecular flexibility index (Phi) is 3.32. The lowest BCUT2D eigenvalue weighted by Crippen LogP contribution is -2.16. The monoisotopic (exact) mass is 310 g/mol. The first-order chi connectivity index (χ1) is 8.79. The van der Waals surface area contributed by atoms with Crippen LogP contribution in [-0.4, -0.2) is 27.8 Å². The molecule has 1 aliphatic heterocycles. The smallest absolute Gasteiger partial charge is 0.155 e. The zero-order valence-corrected chi connectivity index (χ0v) is 11.6. The van der Waals surface area contributed by atoms with Crippen LogP contribution in [0.4, 0.5) is 0 Å². The van der Waals surface area contributed by atoms with Crippen LogP contribution < -0.4 is 5.73 Å². The number of aromatic nitrogens is 3. The number of halogens is 1. The van der Waals surface area contributed by atoms with Crippen molar-refractivity contribution >= 4 is 21.6 Å². The standard InChI is InChI=1S/C12H15BrN4O/c13-12-10(7-14)15-11-2-1-9(16-17(11)12)8-3-5-18-6-4-8/h1-2,8H,3-7,14H2. The molecule has 96 valence electrons. The van der Waals surface area contributed by atoms with E-state index in [1.54, 1.807) is 0 Å². The Morgan fingerprint density at radius 1 is 1.39 bits per heavy atom. The quantitative estimate of drug-likeness (QED) is 0.919. The molecule has 0 aliphatic carbocycles. The molecule has 3 heterocycles. The predicted octanol–water partition coefficient (Wildman–Crippen LogP) is 1.84. The molecular formula is C12H15BrN4O. The van der Waals surface area contributed by atoms with Gasteiger partial charge in [0.15, 0.2) is 5.65 Å². The summed E-state index contributed by atoms with van der Waals surface area (Å²) in [6, 6.07) is 4.06. The maximum Gasteiger partial charge on any atom is 0.155 e. The molecule has 1 aliphatic rings. The predicted molar refractivity (Wildman–Crippen MR) is 71.4 cm³/mol. The van der Waals surface area contributed by atoms with Crippen molar-refractivity contribution in [1.29, 1.82) is 0 Å². The van der Waals surface area contributed by atoms with Gasteiger partial charge in [0.2, 0.25) is 0 Å². The minimum Gasteiger partial charge on any atom is -0.381 e. The third-order valence-corrected chi connectivity index (χ3v) is 4.14. The summed E-state index contributed by atoms with van der Waals surface area (Å²) in [5.41, 5.74) is 8.42. The highest BCUT2D eigenvalue weighted by atomic mass is 79.9. The minimum atomic E-state index is 0.413. The van der Waals surface area contributed by atoms with E-state index < -0.39 is 0 Å². The van der Waals surface area contributed by atoms with Crippen molar-refractivity contribution in [1.82, 2.24) is 14.6 Å². The van der Waals surface area contributed by atoms with Gasteiger partial charge in [0, 0.05) is 25.7 Å². The zero-order chi connectivity index (χ0) is 12.5. The van der Waals surface area contributed by atoms with E-state index in [1.165, 1.54) is 0 Å². The topological polar surface area (TPSA) is 65.4 Å². The van der Waals surface area contributed by atoms with E-state index in [-0.39, 0.29) is 0 Å². The normalized spacial score (nSPS) is 17.4. The molecule has 0 bridgehead atoms. The van der Waals surface area contributed by atoms with Crippen LogP contribution in [0.5, 0.6) is 0 Å². The fourth-order valence-corrected chi connectivity index (χ4v) is 2.82. The summed E-state index contributed by atoms with van der Waals surface area (Å²) in [4.78, 5) is 4.42. The van der Waals surface area contributed by atoms with E-state index in [2.05, 4.69) is 32.1 Å². The largest absolute Gasteiger partial charge is 0.381 e. The van der Waals surface area contributed by atoms with E-state index >= 15 is 0 Å². The Morgan fingerprint density at radius 3 is 2.89 bits per heavy atom. The summed E-state index contributed by atoms with van der Waals surface area (Å²) in [5, 5.41) is 4.66. The minimum absolute atomic E-state index is 0.413. The highest BCUT2D eigenvalue weighted by Crippen LogP contribution is 2.26. The molecule has 6 heteroatoms. The van der Waals surface area contributed by atoms with Crippen molar-refractivity contribution in [3.8, 4) is 0 Å². The van der Waals surface area contributed by atoms with Gasteiger partial charge in [-0.3, -0.25) is 0 Å². The van der Waals surface area contributed by atoms with Gasteiger partial charge in [0.25, 0.3) is 0 Å². The van der Waals surface area contributed by atoms with E-state index in [4.69, 9.17) is 10.5 Å². The number of imidazole rings is 1. The van der Waals surface area contributed by atoms with Crippen molar-refractivity contribution in [2.75, 3.05) is 13.2 Å². The van der Waals surface area contributed by atoms with E-state index in [0.29, 0.717) is 12.5 Å². The van der Waals surface area contributed by atoms with E-state index in [9.17, 15) is 0 Å². The summed E-state index contributed by atoms with van der Waals surface area (Å²) >= 11 is 3.50. The van der Waals surface area contributed by atoms with Crippen LogP contribution in [0.1, 0.15) is 30.1 Å².